The molecule has 0 aliphatic rings. The molecule has 0 aromatic heterocycles. The molecule has 0 spiro atoms. The number of benzene rings is 2. The second-order valence-electron chi connectivity index (χ2n) is 4.22. The van der Waals surface area contributed by atoms with Crippen LogP contribution in [0.2, 0.25) is 0 Å². The first-order chi connectivity index (χ1) is 8.61. The van der Waals surface area contributed by atoms with Gasteiger partial charge in [0.2, 0.25) is 0 Å². The molecule has 2 aromatic rings. The zero-order chi connectivity index (χ0) is 13.4. The molecular weight excluding hydrogens is 224 g/mol. The summed E-state index contributed by atoms with van der Waals surface area (Å²) in [4.78, 5) is 9.70. The van der Waals surface area contributed by atoms with Gasteiger partial charge in [0.05, 0.1) is 5.92 Å². The average molecular weight is 242 g/mol. The summed E-state index contributed by atoms with van der Waals surface area (Å²) < 4.78 is 0. The van der Waals surface area contributed by atoms with E-state index < -0.39 is 5.97 Å². The first kappa shape index (κ1) is 14.0. The minimum absolute atomic E-state index is 0.231. The summed E-state index contributed by atoms with van der Waals surface area (Å²) in [6.45, 7) is 3.28. The smallest absolute Gasteiger partial charge is 0.305 e. The van der Waals surface area contributed by atoms with Crippen LogP contribution in [0.15, 0.2) is 60.7 Å². The molecule has 0 atom stereocenters. The van der Waals surface area contributed by atoms with E-state index >= 15 is 0 Å². The van der Waals surface area contributed by atoms with Gasteiger partial charge in [0.15, 0.2) is 0 Å². The van der Waals surface area contributed by atoms with Gasteiger partial charge in [-0.1, -0.05) is 74.5 Å². The minimum atomic E-state index is -0.741. The molecule has 0 aliphatic carbocycles. The molecule has 0 radical (unpaired) electrons. The lowest BCUT2D eigenvalue weighted by Crippen LogP contribution is -2.03. The van der Waals surface area contributed by atoms with E-state index in [4.69, 9.17) is 5.11 Å². The molecule has 2 heteroatoms. The Hall–Kier alpha value is -2.09. The SMILES string of the molecule is CC(C)C(=O)O.c1ccc(-c2ccccc2)cc1. The minimum Gasteiger partial charge on any atom is -0.481 e. The molecule has 1 N–H and O–H groups in total. The molecule has 0 amide bonds. The Morgan fingerprint density at radius 1 is 0.833 bits per heavy atom. The number of rotatable bonds is 2. The Labute approximate surface area is 108 Å². The highest BCUT2D eigenvalue weighted by molar-refractivity contribution is 5.68. The fourth-order valence-electron chi connectivity index (χ4n) is 1.26. The molecule has 18 heavy (non-hydrogen) atoms. The second kappa shape index (κ2) is 7.28. The van der Waals surface area contributed by atoms with E-state index in [1.54, 1.807) is 13.8 Å². The van der Waals surface area contributed by atoms with Crippen LogP contribution in [0, 0.1) is 5.92 Å². The summed E-state index contributed by atoms with van der Waals surface area (Å²) in [6.07, 6.45) is 0. The fraction of sp³-hybridized carbons (Fsp3) is 0.188. The van der Waals surface area contributed by atoms with Crippen LogP contribution < -0.4 is 0 Å². The Kier molecular flexibility index (Phi) is 5.65. The van der Waals surface area contributed by atoms with Gasteiger partial charge in [-0.15, -0.1) is 0 Å². The third kappa shape index (κ3) is 4.83. The van der Waals surface area contributed by atoms with Crippen molar-refractivity contribution in [3.05, 3.63) is 60.7 Å². The van der Waals surface area contributed by atoms with Crippen LogP contribution in [0.4, 0.5) is 0 Å². The number of carboxylic acid groups (broad SMARTS) is 1. The topological polar surface area (TPSA) is 37.3 Å². The van der Waals surface area contributed by atoms with Crippen molar-refractivity contribution >= 4 is 5.97 Å². The van der Waals surface area contributed by atoms with E-state index in [2.05, 4.69) is 48.5 Å². The molecule has 2 nitrogen and oxygen atoms in total. The zero-order valence-electron chi connectivity index (χ0n) is 10.7. The van der Waals surface area contributed by atoms with Gasteiger partial charge in [0.25, 0.3) is 0 Å². The van der Waals surface area contributed by atoms with Crippen molar-refractivity contribution in [2.45, 2.75) is 13.8 Å². The van der Waals surface area contributed by atoms with Gasteiger partial charge in [0.1, 0.15) is 0 Å². The van der Waals surface area contributed by atoms with E-state index in [0.717, 1.165) is 0 Å². The molecule has 0 unspecified atom stereocenters. The maximum absolute atomic E-state index is 9.70. The number of carbonyl (C=O) groups is 1. The molecule has 2 rings (SSSR count). The largest absolute Gasteiger partial charge is 0.481 e. The summed E-state index contributed by atoms with van der Waals surface area (Å²) in [5.41, 5.74) is 2.55. The lowest BCUT2D eigenvalue weighted by molar-refractivity contribution is -0.140. The predicted octanol–water partition coefficient (Wildman–Crippen LogP) is 4.08. The van der Waals surface area contributed by atoms with Crippen molar-refractivity contribution in [2.24, 2.45) is 5.92 Å². The number of hydrogen-bond donors (Lipinski definition) is 1. The van der Waals surface area contributed by atoms with Crippen LogP contribution in [0.1, 0.15) is 13.8 Å². The van der Waals surface area contributed by atoms with Gasteiger partial charge in [-0.2, -0.15) is 0 Å². The molecule has 0 fully saturated rings. The van der Waals surface area contributed by atoms with Crippen LogP contribution in [0.3, 0.4) is 0 Å². The number of hydrogen-bond acceptors (Lipinski definition) is 1. The van der Waals surface area contributed by atoms with E-state index in [9.17, 15) is 4.79 Å². The van der Waals surface area contributed by atoms with E-state index in [-0.39, 0.29) is 5.92 Å². The van der Waals surface area contributed by atoms with Crippen LogP contribution in [0.5, 0.6) is 0 Å². The molecule has 0 aliphatic heterocycles. The molecule has 94 valence electrons. The predicted molar refractivity (Wildman–Crippen MR) is 74.4 cm³/mol. The monoisotopic (exact) mass is 242 g/mol. The summed E-state index contributed by atoms with van der Waals surface area (Å²) >= 11 is 0. The van der Waals surface area contributed by atoms with Crippen molar-refractivity contribution < 1.29 is 9.90 Å². The third-order valence-electron chi connectivity index (χ3n) is 2.37. The molecule has 0 saturated carbocycles. The lowest BCUT2D eigenvalue weighted by atomic mass is 10.1. The number of carboxylic acids is 1. The highest BCUT2D eigenvalue weighted by Crippen LogP contribution is 2.17. The van der Waals surface area contributed by atoms with Crippen molar-refractivity contribution in [3.8, 4) is 11.1 Å². The highest BCUT2D eigenvalue weighted by Gasteiger charge is 1.99. The van der Waals surface area contributed by atoms with Gasteiger partial charge in [-0.05, 0) is 11.1 Å². The summed E-state index contributed by atoms with van der Waals surface area (Å²) in [5, 5.41) is 7.99. The van der Waals surface area contributed by atoms with Crippen molar-refractivity contribution in [3.63, 3.8) is 0 Å². The van der Waals surface area contributed by atoms with Gasteiger partial charge >= 0.3 is 5.97 Å². The third-order valence-corrected chi connectivity index (χ3v) is 2.37. The first-order valence-corrected chi connectivity index (χ1v) is 5.94. The van der Waals surface area contributed by atoms with Crippen LogP contribution >= 0.6 is 0 Å². The summed E-state index contributed by atoms with van der Waals surface area (Å²) in [7, 11) is 0. The number of aliphatic carboxylic acids is 1. The van der Waals surface area contributed by atoms with Crippen molar-refractivity contribution in [1.29, 1.82) is 0 Å². The summed E-state index contributed by atoms with van der Waals surface area (Å²) in [6, 6.07) is 20.8. The van der Waals surface area contributed by atoms with Gasteiger partial charge in [-0.3, -0.25) is 4.79 Å². The highest BCUT2D eigenvalue weighted by atomic mass is 16.4. The van der Waals surface area contributed by atoms with Crippen LogP contribution in [-0.2, 0) is 4.79 Å². The molecule has 0 bridgehead atoms. The zero-order valence-corrected chi connectivity index (χ0v) is 10.7. The van der Waals surface area contributed by atoms with E-state index in [1.807, 2.05) is 12.1 Å². The van der Waals surface area contributed by atoms with Crippen LogP contribution in [0.25, 0.3) is 11.1 Å². The Morgan fingerprint density at radius 3 is 1.33 bits per heavy atom. The lowest BCUT2D eigenvalue weighted by Gasteiger charge is -1.98. The van der Waals surface area contributed by atoms with Gasteiger partial charge in [0, 0.05) is 0 Å². The van der Waals surface area contributed by atoms with Gasteiger partial charge < -0.3 is 5.11 Å². The van der Waals surface area contributed by atoms with Crippen molar-refractivity contribution in [2.75, 3.05) is 0 Å². The second-order valence-corrected chi connectivity index (χ2v) is 4.22. The Bertz CT molecular complexity index is 423. The van der Waals surface area contributed by atoms with E-state index in [0.29, 0.717) is 0 Å². The standard InChI is InChI=1S/C12H10.C4H8O2/c1-3-7-11(8-4-1)12-9-5-2-6-10-12;1-3(2)4(5)6/h1-10H;3H,1-2H3,(H,5,6). The summed E-state index contributed by atoms with van der Waals surface area (Å²) in [5.74, 6) is -0.972. The van der Waals surface area contributed by atoms with Crippen LogP contribution in [-0.4, -0.2) is 11.1 Å². The molecule has 0 saturated heterocycles. The normalized spacial score (nSPS) is 9.50. The Morgan fingerprint density at radius 2 is 1.11 bits per heavy atom. The average Bonchev–Trinajstić information content (AvgIpc) is 2.41. The maximum atomic E-state index is 9.70. The fourth-order valence-corrected chi connectivity index (χ4v) is 1.26. The first-order valence-electron chi connectivity index (χ1n) is 5.94. The Balaban J connectivity index is 0.000000232. The quantitative estimate of drug-likeness (QED) is 0.861. The van der Waals surface area contributed by atoms with Gasteiger partial charge in [-0.25, -0.2) is 0 Å². The van der Waals surface area contributed by atoms with E-state index in [1.165, 1.54) is 11.1 Å². The molecule has 0 heterocycles. The molecule has 2 aromatic carbocycles. The maximum Gasteiger partial charge on any atom is 0.305 e. The molecular formula is C16H18O2. The van der Waals surface area contributed by atoms with Crippen molar-refractivity contribution in [1.82, 2.24) is 0 Å².